The Balaban J connectivity index is 1.73. The number of aromatic nitrogens is 2. The molecule has 1 aromatic carbocycles. The second-order valence-corrected chi connectivity index (χ2v) is 6.89. The Hall–Kier alpha value is -2.44. The normalized spacial score (nSPS) is 13.3. The summed E-state index contributed by atoms with van der Waals surface area (Å²) in [4.78, 5) is 10.4. The van der Waals surface area contributed by atoms with E-state index in [4.69, 9.17) is 23.2 Å². The Morgan fingerprint density at radius 2 is 1.85 bits per heavy atom. The Morgan fingerprint density at radius 1 is 1.04 bits per heavy atom. The topological polar surface area (TPSA) is 41.0 Å². The van der Waals surface area contributed by atoms with Crippen LogP contribution in [0.15, 0.2) is 42.7 Å². The molecule has 1 aliphatic rings. The lowest BCUT2D eigenvalue weighted by Crippen LogP contribution is -2.34. The molecule has 0 saturated heterocycles. The molecule has 1 N–H and O–H groups in total. The van der Waals surface area contributed by atoms with E-state index in [2.05, 4.69) is 15.3 Å². The molecule has 0 bridgehead atoms. The zero-order chi connectivity index (χ0) is 19.0. The standard InChI is InChI=1S/C19H14Cl2F2N4/c20-17-8-11(3-4-24-17)12-7-16-19(26-9-12)25-5-6-27(16)10-13-14(22)1-2-15(23)18(13)21/h1-4,7-9H,5-6,10H2,(H,25,26). The smallest absolute Gasteiger partial charge is 0.149 e. The fourth-order valence-electron chi connectivity index (χ4n) is 3.07. The molecule has 4 nitrogen and oxygen atoms in total. The van der Waals surface area contributed by atoms with Crippen LogP contribution in [0.2, 0.25) is 10.2 Å². The van der Waals surface area contributed by atoms with Gasteiger partial charge in [0, 0.05) is 43.2 Å². The predicted octanol–water partition coefficient (Wildman–Crippen LogP) is 5.16. The third kappa shape index (κ3) is 3.55. The van der Waals surface area contributed by atoms with Gasteiger partial charge in [-0.15, -0.1) is 0 Å². The molecule has 138 valence electrons. The SMILES string of the molecule is Fc1ccc(F)c(CN2CCNc3ncc(-c4ccnc(Cl)c4)cc32)c1Cl. The number of hydrogen-bond donors (Lipinski definition) is 1. The van der Waals surface area contributed by atoms with Gasteiger partial charge in [-0.3, -0.25) is 0 Å². The molecule has 27 heavy (non-hydrogen) atoms. The fourth-order valence-corrected chi connectivity index (χ4v) is 3.46. The quantitative estimate of drug-likeness (QED) is 0.481. The summed E-state index contributed by atoms with van der Waals surface area (Å²) >= 11 is 12.0. The van der Waals surface area contributed by atoms with Crippen molar-refractivity contribution in [2.45, 2.75) is 6.54 Å². The highest BCUT2D eigenvalue weighted by atomic mass is 35.5. The summed E-state index contributed by atoms with van der Waals surface area (Å²) < 4.78 is 28.0. The van der Waals surface area contributed by atoms with Gasteiger partial charge in [-0.25, -0.2) is 18.7 Å². The molecule has 3 heterocycles. The molecule has 0 saturated carbocycles. The van der Waals surface area contributed by atoms with Gasteiger partial charge in [-0.2, -0.15) is 0 Å². The molecule has 0 unspecified atom stereocenters. The van der Waals surface area contributed by atoms with Crippen LogP contribution in [0.1, 0.15) is 5.56 Å². The lowest BCUT2D eigenvalue weighted by atomic mass is 10.1. The van der Waals surface area contributed by atoms with Crippen molar-refractivity contribution in [2.24, 2.45) is 0 Å². The maximum Gasteiger partial charge on any atom is 0.149 e. The van der Waals surface area contributed by atoms with Crippen LogP contribution >= 0.6 is 23.2 Å². The van der Waals surface area contributed by atoms with Crippen LogP contribution in [0.3, 0.4) is 0 Å². The summed E-state index contributed by atoms with van der Waals surface area (Å²) in [5, 5.41) is 3.41. The molecule has 0 atom stereocenters. The van der Waals surface area contributed by atoms with Crippen molar-refractivity contribution in [3.63, 3.8) is 0 Å². The van der Waals surface area contributed by atoms with Crippen molar-refractivity contribution < 1.29 is 8.78 Å². The van der Waals surface area contributed by atoms with E-state index in [1.807, 2.05) is 17.0 Å². The van der Waals surface area contributed by atoms with Gasteiger partial charge in [0.15, 0.2) is 0 Å². The number of benzene rings is 1. The number of fused-ring (bicyclic) bond motifs is 1. The highest BCUT2D eigenvalue weighted by Crippen LogP contribution is 2.34. The Labute approximate surface area is 164 Å². The molecular formula is C19H14Cl2F2N4. The molecule has 0 amide bonds. The molecule has 3 aromatic rings. The molecular weight excluding hydrogens is 393 g/mol. The molecule has 0 radical (unpaired) electrons. The lowest BCUT2D eigenvalue weighted by molar-refractivity contribution is 0.581. The first-order chi connectivity index (χ1) is 13.0. The van der Waals surface area contributed by atoms with Crippen molar-refractivity contribution >= 4 is 34.7 Å². The summed E-state index contributed by atoms with van der Waals surface area (Å²) in [5.41, 5.74) is 2.62. The molecule has 2 aromatic heterocycles. The van der Waals surface area contributed by atoms with E-state index in [0.29, 0.717) is 24.1 Å². The summed E-state index contributed by atoms with van der Waals surface area (Å²) in [6, 6.07) is 7.63. The van der Waals surface area contributed by atoms with E-state index in [1.54, 1.807) is 18.5 Å². The first-order valence-electron chi connectivity index (χ1n) is 8.26. The van der Waals surface area contributed by atoms with Gasteiger partial charge in [0.2, 0.25) is 0 Å². The van der Waals surface area contributed by atoms with Crippen molar-refractivity contribution in [3.05, 3.63) is 70.1 Å². The van der Waals surface area contributed by atoms with E-state index in [-0.39, 0.29) is 17.1 Å². The van der Waals surface area contributed by atoms with Gasteiger partial charge >= 0.3 is 0 Å². The van der Waals surface area contributed by atoms with Gasteiger partial charge in [0.05, 0.1) is 10.7 Å². The molecule has 0 aliphatic carbocycles. The lowest BCUT2D eigenvalue weighted by Gasteiger charge is -2.32. The summed E-state index contributed by atoms with van der Waals surface area (Å²) in [5.74, 6) is -0.494. The number of halogens is 4. The van der Waals surface area contributed by atoms with E-state index in [0.717, 1.165) is 28.9 Å². The zero-order valence-corrected chi connectivity index (χ0v) is 15.5. The number of nitrogens with one attached hydrogen (secondary N) is 1. The number of hydrogen-bond acceptors (Lipinski definition) is 4. The first-order valence-corrected chi connectivity index (χ1v) is 9.01. The van der Waals surface area contributed by atoms with Gasteiger partial charge < -0.3 is 10.2 Å². The average molecular weight is 407 g/mol. The number of pyridine rings is 2. The monoisotopic (exact) mass is 406 g/mol. The average Bonchev–Trinajstić information content (AvgIpc) is 2.68. The van der Waals surface area contributed by atoms with Crippen LogP contribution in [0.5, 0.6) is 0 Å². The second-order valence-electron chi connectivity index (χ2n) is 6.13. The molecule has 8 heteroatoms. The number of nitrogens with zero attached hydrogens (tertiary/aromatic N) is 3. The fraction of sp³-hybridized carbons (Fsp3) is 0.158. The van der Waals surface area contributed by atoms with Gasteiger partial charge in [0.25, 0.3) is 0 Å². The van der Waals surface area contributed by atoms with E-state index in [1.165, 1.54) is 0 Å². The van der Waals surface area contributed by atoms with Crippen molar-refractivity contribution in [1.82, 2.24) is 9.97 Å². The Morgan fingerprint density at radius 3 is 2.67 bits per heavy atom. The first kappa shape index (κ1) is 17.9. The van der Waals surface area contributed by atoms with Crippen LogP contribution in [0, 0.1) is 11.6 Å². The Bertz CT molecular complexity index is 1010. The zero-order valence-electron chi connectivity index (χ0n) is 14.0. The van der Waals surface area contributed by atoms with Crippen LogP contribution in [0.4, 0.5) is 20.3 Å². The predicted molar refractivity (Wildman–Crippen MR) is 103 cm³/mol. The molecule has 1 aliphatic heterocycles. The van der Waals surface area contributed by atoms with Gasteiger partial charge in [-0.1, -0.05) is 23.2 Å². The highest BCUT2D eigenvalue weighted by Gasteiger charge is 2.22. The minimum Gasteiger partial charge on any atom is -0.367 e. The largest absolute Gasteiger partial charge is 0.367 e. The van der Waals surface area contributed by atoms with Gasteiger partial charge in [-0.05, 0) is 35.9 Å². The number of anilines is 2. The second kappa shape index (κ2) is 7.29. The van der Waals surface area contributed by atoms with E-state index < -0.39 is 11.6 Å². The Kier molecular flexibility index (Phi) is 4.85. The van der Waals surface area contributed by atoms with E-state index in [9.17, 15) is 8.78 Å². The molecule has 4 rings (SSSR count). The molecule has 0 fully saturated rings. The van der Waals surface area contributed by atoms with Crippen LogP contribution in [-0.4, -0.2) is 23.1 Å². The number of rotatable bonds is 3. The minimum absolute atomic E-state index is 0.127. The van der Waals surface area contributed by atoms with Crippen molar-refractivity contribution in [2.75, 3.05) is 23.3 Å². The van der Waals surface area contributed by atoms with E-state index >= 15 is 0 Å². The van der Waals surface area contributed by atoms with Crippen molar-refractivity contribution in [1.29, 1.82) is 0 Å². The van der Waals surface area contributed by atoms with Gasteiger partial charge in [0.1, 0.15) is 22.6 Å². The van der Waals surface area contributed by atoms with Crippen LogP contribution in [-0.2, 0) is 6.54 Å². The summed E-state index contributed by atoms with van der Waals surface area (Å²) in [6.45, 7) is 1.37. The van der Waals surface area contributed by atoms with Crippen LogP contribution < -0.4 is 10.2 Å². The van der Waals surface area contributed by atoms with Crippen molar-refractivity contribution in [3.8, 4) is 11.1 Å². The third-order valence-corrected chi connectivity index (χ3v) is 5.05. The maximum absolute atomic E-state index is 14.2. The van der Waals surface area contributed by atoms with Crippen LogP contribution in [0.25, 0.3) is 11.1 Å². The molecule has 0 spiro atoms. The summed E-state index contributed by atoms with van der Waals surface area (Å²) in [6.07, 6.45) is 3.35. The highest BCUT2D eigenvalue weighted by molar-refractivity contribution is 6.31. The minimum atomic E-state index is -0.637. The third-order valence-electron chi connectivity index (χ3n) is 4.43. The summed E-state index contributed by atoms with van der Waals surface area (Å²) in [7, 11) is 0. The maximum atomic E-state index is 14.2.